The van der Waals surface area contributed by atoms with Gasteiger partial charge in [0.05, 0.1) is 23.7 Å². The standard InChI is InChI=1S/C27H34N2O8/c1-14(31)18(28-25(34)15(2)32)6-7-21(33)36-19-8-9-27(35)20-12-16-4-5-17(13-30)23-22(16)26(27,24(19)37-23)10-11-29(20)3/h4-5,8,15,18,20,24,30,32,35H,6-7,9-13H2,1-3H3,(H,28,34)/t15-,18-,20+,24-,26-,27+/m0/s1. The van der Waals surface area contributed by atoms with Gasteiger partial charge in [-0.15, -0.1) is 0 Å². The largest absolute Gasteiger partial charge is 0.481 e. The Labute approximate surface area is 215 Å². The summed E-state index contributed by atoms with van der Waals surface area (Å²) in [5.74, 6) is -0.733. The minimum absolute atomic E-state index is 0.0203. The number of amides is 1. The molecule has 1 aromatic rings. The molecule has 1 amide bonds. The second-order valence-electron chi connectivity index (χ2n) is 10.8. The van der Waals surface area contributed by atoms with Crippen molar-refractivity contribution < 1.29 is 39.2 Å². The molecule has 2 aliphatic heterocycles. The number of likely N-dealkylation sites (tertiary alicyclic amines) is 1. The predicted octanol–water partition coefficient (Wildman–Crippen LogP) is 0.235. The molecule has 4 N–H and O–H groups in total. The van der Waals surface area contributed by atoms with Crippen molar-refractivity contribution in [1.29, 1.82) is 0 Å². The van der Waals surface area contributed by atoms with Crippen LogP contribution in [-0.2, 0) is 37.6 Å². The third kappa shape index (κ3) is 3.80. The molecular formula is C27H34N2O8. The lowest BCUT2D eigenvalue weighted by Gasteiger charge is -2.61. The quantitative estimate of drug-likeness (QED) is 0.358. The first kappa shape index (κ1) is 25.8. The highest BCUT2D eigenvalue weighted by Gasteiger charge is 2.71. The zero-order valence-electron chi connectivity index (χ0n) is 21.3. The molecule has 10 nitrogen and oxygen atoms in total. The molecule has 1 aromatic carbocycles. The van der Waals surface area contributed by atoms with Crippen molar-refractivity contribution in [2.75, 3.05) is 13.6 Å². The van der Waals surface area contributed by atoms with E-state index in [4.69, 9.17) is 9.47 Å². The van der Waals surface area contributed by atoms with Crippen LogP contribution in [-0.4, -0.2) is 81.4 Å². The monoisotopic (exact) mass is 514 g/mol. The van der Waals surface area contributed by atoms with Gasteiger partial charge in [0, 0.05) is 30.0 Å². The number of Topliss-reactive ketones (excluding diaryl/α,β-unsaturated/α-hetero) is 1. The number of hydrogen-bond acceptors (Lipinski definition) is 9. The van der Waals surface area contributed by atoms with Gasteiger partial charge in [0.1, 0.15) is 17.6 Å². The van der Waals surface area contributed by atoms with E-state index in [9.17, 15) is 29.7 Å². The highest BCUT2D eigenvalue weighted by Crippen LogP contribution is 2.64. The van der Waals surface area contributed by atoms with Crippen LogP contribution in [0.4, 0.5) is 0 Å². The lowest BCUT2D eigenvalue weighted by Crippen LogP contribution is -2.74. The first-order chi connectivity index (χ1) is 17.5. The van der Waals surface area contributed by atoms with Gasteiger partial charge in [-0.05, 0) is 58.3 Å². The molecule has 6 atom stereocenters. The van der Waals surface area contributed by atoms with Gasteiger partial charge >= 0.3 is 5.97 Å². The summed E-state index contributed by atoms with van der Waals surface area (Å²) in [7, 11) is 2.01. The molecule has 0 saturated carbocycles. The maximum atomic E-state index is 12.9. The van der Waals surface area contributed by atoms with Gasteiger partial charge in [0.2, 0.25) is 5.91 Å². The van der Waals surface area contributed by atoms with Crippen molar-refractivity contribution in [2.45, 2.75) is 87.9 Å². The normalized spacial score (nSPS) is 30.9. The van der Waals surface area contributed by atoms with Crippen LogP contribution in [0.5, 0.6) is 5.75 Å². The summed E-state index contributed by atoms with van der Waals surface area (Å²) >= 11 is 0. The Hall–Kier alpha value is -2.79. The van der Waals surface area contributed by atoms with Gasteiger partial charge in [0.25, 0.3) is 0 Å². The number of piperidine rings is 1. The number of hydrogen-bond donors (Lipinski definition) is 4. The molecule has 2 aliphatic carbocycles. The number of nitrogens with one attached hydrogen (secondary N) is 1. The fraction of sp³-hybridized carbons (Fsp3) is 0.593. The summed E-state index contributed by atoms with van der Waals surface area (Å²) in [6.45, 7) is 3.13. The zero-order chi connectivity index (χ0) is 26.7. The lowest BCUT2D eigenvalue weighted by atomic mass is 9.50. The van der Waals surface area contributed by atoms with Crippen LogP contribution in [0.2, 0.25) is 0 Å². The number of benzene rings is 1. The lowest BCUT2D eigenvalue weighted by molar-refractivity contribution is -0.169. The first-order valence-electron chi connectivity index (χ1n) is 12.8. The van der Waals surface area contributed by atoms with Crippen LogP contribution in [0.3, 0.4) is 0 Å². The second-order valence-corrected chi connectivity index (χ2v) is 10.8. The number of carbonyl (C=O) groups is 3. The van der Waals surface area contributed by atoms with E-state index in [0.29, 0.717) is 29.9 Å². The molecule has 0 aromatic heterocycles. The molecule has 4 aliphatic rings. The molecule has 0 radical (unpaired) electrons. The van der Waals surface area contributed by atoms with E-state index in [2.05, 4.69) is 10.2 Å². The van der Waals surface area contributed by atoms with E-state index in [-0.39, 0.29) is 37.7 Å². The molecule has 200 valence electrons. The van der Waals surface area contributed by atoms with Crippen molar-refractivity contribution in [3.05, 3.63) is 40.7 Å². The summed E-state index contributed by atoms with van der Waals surface area (Å²) in [6, 6.07) is 2.79. The third-order valence-corrected chi connectivity index (χ3v) is 8.68. The van der Waals surface area contributed by atoms with Gasteiger partial charge in [-0.3, -0.25) is 14.4 Å². The molecule has 10 heteroatoms. The number of rotatable bonds is 8. The zero-order valence-corrected chi connectivity index (χ0v) is 21.3. The Bertz CT molecular complexity index is 1180. The molecule has 1 fully saturated rings. The van der Waals surface area contributed by atoms with Gasteiger partial charge in [-0.1, -0.05) is 12.1 Å². The number of nitrogens with zero attached hydrogens (tertiary/aromatic N) is 1. The fourth-order valence-electron chi connectivity index (χ4n) is 6.75. The number of esters is 1. The Morgan fingerprint density at radius 1 is 1.32 bits per heavy atom. The molecule has 0 unspecified atom stereocenters. The van der Waals surface area contributed by atoms with Crippen molar-refractivity contribution >= 4 is 17.7 Å². The minimum atomic E-state index is -1.28. The van der Waals surface area contributed by atoms with Crippen molar-refractivity contribution in [3.8, 4) is 5.75 Å². The Morgan fingerprint density at radius 2 is 2.08 bits per heavy atom. The van der Waals surface area contributed by atoms with Gasteiger partial charge in [-0.2, -0.15) is 0 Å². The summed E-state index contributed by atoms with van der Waals surface area (Å²) in [5, 5.41) is 34.1. The number of likely N-dealkylation sites (N-methyl/N-ethyl adjacent to an activating group) is 1. The van der Waals surface area contributed by atoms with Crippen LogP contribution < -0.4 is 10.1 Å². The molecule has 5 rings (SSSR count). The summed E-state index contributed by atoms with van der Waals surface area (Å²) in [4.78, 5) is 38.9. The number of aliphatic hydroxyl groups excluding tert-OH is 2. The summed E-state index contributed by atoms with van der Waals surface area (Å²) in [5.41, 5.74) is 0.677. The number of ether oxygens (including phenoxy) is 2. The van der Waals surface area contributed by atoms with E-state index in [1.165, 1.54) is 13.8 Å². The number of ketones is 1. The van der Waals surface area contributed by atoms with Crippen LogP contribution in [0, 0.1) is 0 Å². The van der Waals surface area contributed by atoms with Gasteiger partial charge in [0.15, 0.2) is 11.9 Å². The maximum Gasteiger partial charge on any atom is 0.311 e. The van der Waals surface area contributed by atoms with E-state index in [0.717, 1.165) is 17.7 Å². The highest BCUT2D eigenvalue weighted by molar-refractivity contribution is 5.89. The smallest absolute Gasteiger partial charge is 0.311 e. The molecule has 1 saturated heterocycles. The van der Waals surface area contributed by atoms with Crippen molar-refractivity contribution in [1.82, 2.24) is 10.2 Å². The topological polar surface area (TPSA) is 146 Å². The predicted molar refractivity (Wildman–Crippen MR) is 130 cm³/mol. The highest BCUT2D eigenvalue weighted by atomic mass is 16.6. The number of carbonyl (C=O) groups excluding carboxylic acids is 3. The van der Waals surface area contributed by atoms with Crippen molar-refractivity contribution in [3.63, 3.8) is 0 Å². The van der Waals surface area contributed by atoms with Gasteiger partial charge in [-0.25, -0.2) is 0 Å². The van der Waals surface area contributed by atoms with Gasteiger partial charge < -0.3 is 35.0 Å². The second kappa shape index (κ2) is 9.20. The molecule has 2 bridgehead atoms. The summed E-state index contributed by atoms with van der Waals surface area (Å²) in [6.07, 6.45) is 1.14. The Morgan fingerprint density at radius 3 is 2.76 bits per heavy atom. The van der Waals surface area contributed by atoms with E-state index in [1.807, 2.05) is 19.2 Å². The van der Waals surface area contributed by atoms with Crippen LogP contribution in [0.25, 0.3) is 0 Å². The third-order valence-electron chi connectivity index (χ3n) is 8.68. The summed E-state index contributed by atoms with van der Waals surface area (Å²) < 4.78 is 12.2. The minimum Gasteiger partial charge on any atom is -0.481 e. The first-order valence-corrected chi connectivity index (χ1v) is 12.8. The fourth-order valence-corrected chi connectivity index (χ4v) is 6.75. The van der Waals surface area contributed by atoms with E-state index < -0.39 is 41.1 Å². The molecule has 2 heterocycles. The number of aliphatic hydroxyl groups is 3. The van der Waals surface area contributed by atoms with Crippen LogP contribution in [0.1, 0.15) is 56.2 Å². The Kier molecular flexibility index (Phi) is 6.42. The molecule has 1 spiro atoms. The SMILES string of the molecule is CC(=O)[C@H](CCC(=O)OC1=CC[C@@]2(O)[C@H]3Cc4ccc(CO)c5c4[C@@]2(CCN3C)[C@H]1O5)NC(=O)[C@H](C)O. The average molecular weight is 515 g/mol. The Balaban J connectivity index is 1.41. The maximum absolute atomic E-state index is 12.9. The van der Waals surface area contributed by atoms with Crippen LogP contribution >= 0.6 is 0 Å². The molecule has 37 heavy (non-hydrogen) atoms. The van der Waals surface area contributed by atoms with Crippen LogP contribution in [0.15, 0.2) is 24.0 Å². The average Bonchev–Trinajstić information content (AvgIpc) is 3.21. The van der Waals surface area contributed by atoms with E-state index in [1.54, 1.807) is 6.08 Å². The van der Waals surface area contributed by atoms with Crippen molar-refractivity contribution in [2.24, 2.45) is 0 Å². The molecular weight excluding hydrogens is 480 g/mol. The van der Waals surface area contributed by atoms with E-state index >= 15 is 0 Å².